The number of nitrogens with one attached hydrogen (secondary N) is 1. The third-order valence-corrected chi connectivity index (χ3v) is 3.19. The summed E-state index contributed by atoms with van der Waals surface area (Å²) in [6.45, 7) is 4.59. The van der Waals surface area contributed by atoms with Crippen LogP contribution in [0.2, 0.25) is 0 Å². The van der Waals surface area contributed by atoms with Crippen molar-refractivity contribution in [3.05, 3.63) is 48.6 Å². The van der Waals surface area contributed by atoms with Crippen LogP contribution >= 0.6 is 0 Å². The highest BCUT2D eigenvalue weighted by Gasteiger charge is 2.29. The predicted molar refractivity (Wildman–Crippen MR) is 73.5 cm³/mol. The molecular formula is C15H18N2O2. The molecule has 1 aromatic carbocycles. The molecule has 0 saturated carbocycles. The molecule has 1 unspecified atom stereocenters. The van der Waals surface area contributed by atoms with Gasteiger partial charge in [0.05, 0.1) is 0 Å². The Morgan fingerprint density at radius 1 is 1.32 bits per heavy atom. The van der Waals surface area contributed by atoms with Crippen molar-refractivity contribution in [1.29, 1.82) is 0 Å². The Labute approximate surface area is 113 Å². The summed E-state index contributed by atoms with van der Waals surface area (Å²) in [4.78, 5) is 25.7. The summed E-state index contributed by atoms with van der Waals surface area (Å²) in [6.07, 6.45) is 2.57. The minimum absolute atomic E-state index is 0.0328. The van der Waals surface area contributed by atoms with Crippen LogP contribution in [0.4, 0.5) is 0 Å². The molecule has 2 rings (SSSR count). The quantitative estimate of drug-likeness (QED) is 0.823. The summed E-state index contributed by atoms with van der Waals surface area (Å²) in [5.41, 5.74) is 1.04. The lowest BCUT2D eigenvalue weighted by atomic mass is 10.1. The van der Waals surface area contributed by atoms with Gasteiger partial charge in [-0.15, -0.1) is 6.58 Å². The fraction of sp³-hybridized carbons (Fsp3) is 0.333. The minimum atomic E-state index is -0.475. The van der Waals surface area contributed by atoms with Gasteiger partial charge in [0.25, 0.3) is 0 Å². The highest BCUT2D eigenvalue weighted by molar-refractivity contribution is 5.90. The van der Waals surface area contributed by atoms with Crippen LogP contribution in [0.3, 0.4) is 0 Å². The van der Waals surface area contributed by atoms with E-state index < -0.39 is 6.04 Å². The minimum Gasteiger partial charge on any atom is -0.344 e. The normalized spacial score (nSPS) is 19.8. The van der Waals surface area contributed by atoms with Crippen LogP contribution in [0, 0.1) is 0 Å². The van der Waals surface area contributed by atoms with Gasteiger partial charge in [0, 0.05) is 25.9 Å². The van der Waals surface area contributed by atoms with Gasteiger partial charge in [-0.1, -0.05) is 36.4 Å². The molecular weight excluding hydrogens is 240 g/mol. The average molecular weight is 258 g/mol. The summed E-state index contributed by atoms with van der Waals surface area (Å²) >= 11 is 0. The maximum absolute atomic E-state index is 12.3. The molecule has 0 bridgehead atoms. The third kappa shape index (κ3) is 3.44. The van der Waals surface area contributed by atoms with E-state index in [9.17, 15) is 9.59 Å². The van der Waals surface area contributed by atoms with E-state index in [2.05, 4.69) is 11.9 Å². The molecule has 1 atom stereocenters. The standard InChI is InChI=1S/C15H18N2O2/c1-2-9-17-10-8-14(18)16-13(15(17)19)11-12-6-4-3-5-7-12/h2-7,13H,1,8-11H2,(H,16,18). The molecule has 4 heteroatoms. The highest BCUT2D eigenvalue weighted by Crippen LogP contribution is 2.09. The van der Waals surface area contributed by atoms with Crippen LogP contribution in [0.5, 0.6) is 0 Å². The fourth-order valence-electron chi connectivity index (χ4n) is 2.22. The first kappa shape index (κ1) is 13.3. The predicted octanol–water partition coefficient (Wildman–Crippen LogP) is 1.13. The maximum Gasteiger partial charge on any atom is 0.245 e. The number of rotatable bonds is 4. The number of hydrogen-bond donors (Lipinski definition) is 1. The molecule has 1 fully saturated rings. The Morgan fingerprint density at radius 3 is 2.74 bits per heavy atom. The number of amides is 2. The lowest BCUT2D eigenvalue weighted by Gasteiger charge is -2.22. The van der Waals surface area contributed by atoms with E-state index in [-0.39, 0.29) is 11.8 Å². The van der Waals surface area contributed by atoms with E-state index in [4.69, 9.17) is 0 Å². The Bertz CT molecular complexity index is 470. The van der Waals surface area contributed by atoms with Gasteiger partial charge < -0.3 is 10.2 Å². The first-order valence-electron chi connectivity index (χ1n) is 6.43. The molecule has 1 aromatic rings. The van der Waals surface area contributed by atoms with E-state index in [0.29, 0.717) is 25.9 Å². The monoisotopic (exact) mass is 258 g/mol. The number of benzene rings is 1. The molecule has 19 heavy (non-hydrogen) atoms. The van der Waals surface area contributed by atoms with Crippen molar-refractivity contribution in [3.8, 4) is 0 Å². The van der Waals surface area contributed by atoms with E-state index >= 15 is 0 Å². The molecule has 2 amide bonds. The first-order chi connectivity index (χ1) is 9.20. The Hall–Kier alpha value is -2.10. The van der Waals surface area contributed by atoms with Crippen molar-refractivity contribution in [2.45, 2.75) is 18.9 Å². The number of hydrogen-bond acceptors (Lipinski definition) is 2. The Morgan fingerprint density at radius 2 is 2.05 bits per heavy atom. The molecule has 1 N–H and O–H groups in total. The summed E-state index contributed by atoms with van der Waals surface area (Å²) in [6, 6.07) is 9.24. The molecule has 0 aromatic heterocycles. The van der Waals surface area contributed by atoms with Crippen LogP contribution in [-0.2, 0) is 16.0 Å². The van der Waals surface area contributed by atoms with Crippen molar-refractivity contribution >= 4 is 11.8 Å². The molecule has 100 valence electrons. The zero-order chi connectivity index (χ0) is 13.7. The van der Waals surface area contributed by atoms with Crippen molar-refractivity contribution in [2.24, 2.45) is 0 Å². The van der Waals surface area contributed by atoms with E-state index in [1.165, 1.54) is 0 Å². The zero-order valence-electron chi connectivity index (χ0n) is 10.8. The molecule has 1 aliphatic rings. The van der Waals surface area contributed by atoms with Gasteiger partial charge in [0.1, 0.15) is 6.04 Å². The second kappa shape index (κ2) is 6.18. The molecule has 0 spiro atoms. The molecule has 1 aliphatic heterocycles. The van der Waals surface area contributed by atoms with Crippen LogP contribution < -0.4 is 5.32 Å². The Balaban J connectivity index is 2.13. The maximum atomic E-state index is 12.3. The SMILES string of the molecule is C=CCN1CCC(=O)NC(Cc2ccccc2)C1=O. The van der Waals surface area contributed by atoms with Crippen molar-refractivity contribution in [1.82, 2.24) is 10.2 Å². The molecule has 1 heterocycles. The topological polar surface area (TPSA) is 49.4 Å². The summed E-state index contributed by atoms with van der Waals surface area (Å²) in [5.74, 6) is -0.101. The van der Waals surface area contributed by atoms with Gasteiger partial charge in [-0.3, -0.25) is 9.59 Å². The van der Waals surface area contributed by atoms with Gasteiger partial charge >= 0.3 is 0 Å². The number of carbonyl (C=O) groups excluding carboxylic acids is 2. The van der Waals surface area contributed by atoms with E-state index in [1.54, 1.807) is 11.0 Å². The lowest BCUT2D eigenvalue weighted by Crippen LogP contribution is -2.46. The van der Waals surface area contributed by atoms with Gasteiger partial charge in [-0.2, -0.15) is 0 Å². The molecule has 0 radical (unpaired) electrons. The second-order valence-electron chi connectivity index (χ2n) is 4.63. The van der Waals surface area contributed by atoms with Gasteiger partial charge in [0.15, 0.2) is 0 Å². The fourth-order valence-corrected chi connectivity index (χ4v) is 2.22. The lowest BCUT2D eigenvalue weighted by molar-refractivity contribution is -0.133. The molecule has 1 saturated heterocycles. The van der Waals surface area contributed by atoms with Gasteiger partial charge in [-0.05, 0) is 5.56 Å². The van der Waals surface area contributed by atoms with Crippen molar-refractivity contribution in [3.63, 3.8) is 0 Å². The van der Waals surface area contributed by atoms with E-state index in [0.717, 1.165) is 5.56 Å². The largest absolute Gasteiger partial charge is 0.344 e. The summed E-state index contributed by atoms with van der Waals surface area (Å²) < 4.78 is 0. The molecule has 4 nitrogen and oxygen atoms in total. The summed E-state index contributed by atoms with van der Waals surface area (Å²) in [5, 5.41) is 2.80. The first-order valence-corrected chi connectivity index (χ1v) is 6.43. The van der Waals surface area contributed by atoms with Crippen LogP contribution in [0.25, 0.3) is 0 Å². The van der Waals surface area contributed by atoms with E-state index in [1.807, 2.05) is 30.3 Å². The smallest absolute Gasteiger partial charge is 0.245 e. The number of nitrogens with zero attached hydrogens (tertiary/aromatic N) is 1. The van der Waals surface area contributed by atoms with Gasteiger partial charge in [-0.25, -0.2) is 0 Å². The molecule has 0 aliphatic carbocycles. The van der Waals surface area contributed by atoms with Crippen molar-refractivity contribution in [2.75, 3.05) is 13.1 Å². The summed E-state index contributed by atoms with van der Waals surface area (Å²) in [7, 11) is 0. The third-order valence-electron chi connectivity index (χ3n) is 3.19. The average Bonchev–Trinajstić information content (AvgIpc) is 2.54. The zero-order valence-corrected chi connectivity index (χ0v) is 10.8. The van der Waals surface area contributed by atoms with Crippen LogP contribution in [0.1, 0.15) is 12.0 Å². The van der Waals surface area contributed by atoms with Crippen molar-refractivity contribution < 1.29 is 9.59 Å². The Kier molecular flexibility index (Phi) is 4.34. The number of carbonyl (C=O) groups is 2. The highest BCUT2D eigenvalue weighted by atomic mass is 16.2. The second-order valence-corrected chi connectivity index (χ2v) is 4.63. The van der Waals surface area contributed by atoms with Gasteiger partial charge in [0.2, 0.25) is 11.8 Å². The van der Waals surface area contributed by atoms with Crippen LogP contribution in [-0.4, -0.2) is 35.8 Å². The van der Waals surface area contributed by atoms with Crippen LogP contribution in [0.15, 0.2) is 43.0 Å².